The molecule has 0 radical (unpaired) electrons. The Morgan fingerprint density at radius 1 is 1.21 bits per heavy atom. The van der Waals surface area contributed by atoms with Crippen LogP contribution in [0, 0.1) is 0 Å². The molecule has 0 bridgehead atoms. The predicted molar refractivity (Wildman–Crippen MR) is 74.9 cm³/mol. The van der Waals surface area contributed by atoms with Crippen molar-refractivity contribution in [1.82, 2.24) is 19.9 Å². The van der Waals surface area contributed by atoms with Gasteiger partial charge in [-0.1, -0.05) is 0 Å². The Bertz CT molecular complexity index is 504. The van der Waals surface area contributed by atoms with Crippen molar-refractivity contribution in [3.8, 4) is 6.01 Å². The van der Waals surface area contributed by atoms with Crippen LogP contribution < -0.4 is 15.4 Å². The van der Waals surface area contributed by atoms with Crippen molar-refractivity contribution < 1.29 is 4.74 Å². The van der Waals surface area contributed by atoms with Crippen molar-refractivity contribution in [2.75, 3.05) is 30.8 Å². The summed E-state index contributed by atoms with van der Waals surface area (Å²) in [4.78, 5) is 16.7. The number of nitrogens with zero attached hydrogens (tertiary/aromatic N) is 4. The van der Waals surface area contributed by atoms with Gasteiger partial charge < -0.3 is 15.4 Å². The lowest BCUT2D eigenvalue weighted by molar-refractivity contribution is 0.379. The van der Waals surface area contributed by atoms with E-state index in [1.807, 2.05) is 17.8 Å². The molecule has 2 heterocycles. The lowest BCUT2D eigenvalue weighted by atomic mass is 10.3. The van der Waals surface area contributed by atoms with Crippen LogP contribution in [-0.4, -0.2) is 40.1 Å². The van der Waals surface area contributed by atoms with Gasteiger partial charge in [0.05, 0.1) is 18.3 Å². The third-order valence-corrected chi connectivity index (χ3v) is 2.92. The maximum atomic E-state index is 5.04. The highest BCUT2D eigenvalue weighted by atomic mass is 32.1. The minimum Gasteiger partial charge on any atom is -0.467 e. The molecule has 0 saturated carbocycles. The first kappa shape index (κ1) is 13.5. The molecule has 2 N–H and O–H groups in total. The van der Waals surface area contributed by atoms with Crippen LogP contribution in [0.5, 0.6) is 6.01 Å². The maximum absolute atomic E-state index is 5.04. The highest BCUT2D eigenvalue weighted by molar-refractivity contribution is 7.07. The number of hydrogen-bond donors (Lipinski definition) is 2. The van der Waals surface area contributed by atoms with Crippen LogP contribution in [0.25, 0.3) is 0 Å². The van der Waals surface area contributed by atoms with E-state index in [-0.39, 0.29) is 0 Å². The van der Waals surface area contributed by atoms with Crippen molar-refractivity contribution >= 4 is 23.2 Å². The lowest BCUT2D eigenvalue weighted by Crippen LogP contribution is -2.12. The van der Waals surface area contributed by atoms with E-state index in [2.05, 4.69) is 30.6 Å². The Balaban J connectivity index is 1.96. The van der Waals surface area contributed by atoms with Crippen LogP contribution >= 0.6 is 11.3 Å². The summed E-state index contributed by atoms with van der Waals surface area (Å²) in [6, 6.07) is 0.294. The van der Waals surface area contributed by atoms with E-state index in [0.29, 0.717) is 24.5 Å². The molecule has 0 aliphatic heterocycles. The largest absolute Gasteiger partial charge is 0.467 e. The first-order chi connectivity index (χ1) is 9.31. The quantitative estimate of drug-likeness (QED) is 0.793. The molecule has 0 saturated heterocycles. The second-order valence-electron chi connectivity index (χ2n) is 3.66. The van der Waals surface area contributed by atoms with Gasteiger partial charge in [-0.15, -0.1) is 11.3 Å². The Morgan fingerprint density at radius 2 is 2.00 bits per heavy atom. The molecule has 2 aromatic rings. The van der Waals surface area contributed by atoms with Gasteiger partial charge in [0.25, 0.3) is 0 Å². The van der Waals surface area contributed by atoms with Gasteiger partial charge in [0.2, 0.25) is 11.9 Å². The first-order valence-corrected chi connectivity index (χ1v) is 6.91. The summed E-state index contributed by atoms with van der Waals surface area (Å²) in [6.07, 6.45) is 0.827. The van der Waals surface area contributed by atoms with Gasteiger partial charge in [-0.05, 0) is 6.92 Å². The minimum atomic E-state index is 0.294. The molecule has 0 amide bonds. The number of nitrogens with one attached hydrogen (secondary N) is 2. The Morgan fingerprint density at radius 3 is 2.63 bits per heavy atom. The van der Waals surface area contributed by atoms with Crippen molar-refractivity contribution in [1.29, 1.82) is 0 Å². The maximum Gasteiger partial charge on any atom is 0.322 e. The number of rotatable bonds is 7. The van der Waals surface area contributed by atoms with E-state index in [4.69, 9.17) is 4.74 Å². The van der Waals surface area contributed by atoms with Gasteiger partial charge in [-0.2, -0.15) is 15.0 Å². The zero-order valence-corrected chi connectivity index (χ0v) is 11.7. The average Bonchev–Trinajstić information content (AvgIpc) is 2.92. The topological polar surface area (TPSA) is 84.9 Å². The van der Waals surface area contributed by atoms with Crippen molar-refractivity contribution in [3.63, 3.8) is 0 Å². The number of methoxy groups -OCH3 is 1. The van der Waals surface area contributed by atoms with Crippen LogP contribution in [0.2, 0.25) is 0 Å². The van der Waals surface area contributed by atoms with Crippen molar-refractivity contribution in [2.45, 2.75) is 13.3 Å². The molecule has 2 rings (SSSR count). The molecule has 0 aliphatic carbocycles. The summed E-state index contributed by atoms with van der Waals surface area (Å²) in [6.45, 7) is 3.43. The van der Waals surface area contributed by atoms with Crippen molar-refractivity contribution in [3.05, 3.63) is 16.6 Å². The molecular weight excluding hydrogens is 264 g/mol. The third kappa shape index (κ3) is 4.02. The molecule has 0 atom stereocenters. The number of anilines is 2. The molecule has 2 aromatic heterocycles. The summed E-state index contributed by atoms with van der Waals surface area (Å²) in [5.74, 6) is 1.00. The second kappa shape index (κ2) is 6.83. The molecule has 7 nitrogen and oxygen atoms in total. The molecule has 0 aliphatic rings. The van der Waals surface area contributed by atoms with E-state index < -0.39 is 0 Å². The predicted octanol–water partition coefficient (Wildman–Crippen LogP) is 1.42. The summed E-state index contributed by atoms with van der Waals surface area (Å²) in [7, 11) is 1.53. The number of hydrogen-bond acceptors (Lipinski definition) is 8. The molecule has 19 heavy (non-hydrogen) atoms. The summed E-state index contributed by atoms with van der Waals surface area (Å²) >= 11 is 1.59. The second-order valence-corrected chi connectivity index (χ2v) is 4.37. The number of ether oxygens (including phenoxy) is 1. The summed E-state index contributed by atoms with van der Waals surface area (Å²) in [5, 5.41) is 8.20. The average molecular weight is 280 g/mol. The minimum absolute atomic E-state index is 0.294. The fraction of sp³-hybridized carbons (Fsp3) is 0.455. The Labute approximate surface area is 115 Å². The molecule has 0 aromatic carbocycles. The van der Waals surface area contributed by atoms with Gasteiger partial charge in [0.15, 0.2) is 0 Å². The van der Waals surface area contributed by atoms with Gasteiger partial charge in [0.1, 0.15) is 0 Å². The van der Waals surface area contributed by atoms with Gasteiger partial charge in [-0.25, -0.2) is 4.98 Å². The van der Waals surface area contributed by atoms with Gasteiger partial charge in [-0.3, -0.25) is 0 Å². The van der Waals surface area contributed by atoms with Crippen LogP contribution in [-0.2, 0) is 6.42 Å². The fourth-order valence-corrected chi connectivity index (χ4v) is 2.02. The third-order valence-electron chi connectivity index (χ3n) is 2.28. The Hall–Kier alpha value is -1.96. The summed E-state index contributed by atoms with van der Waals surface area (Å²) < 4.78 is 5.04. The normalized spacial score (nSPS) is 10.2. The van der Waals surface area contributed by atoms with Crippen LogP contribution in [0.3, 0.4) is 0 Å². The van der Waals surface area contributed by atoms with Gasteiger partial charge in [0, 0.05) is 24.9 Å². The molecular formula is C11H16N6OS. The molecule has 0 fully saturated rings. The van der Waals surface area contributed by atoms with E-state index >= 15 is 0 Å². The van der Waals surface area contributed by atoms with Crippen LogP contribution in [0.1, 0.15) is 12.6 Å². The molecule has 0 unspecified atom stereocenters. The highest BCUT2D eigenvalue weighted by Crippen LogP contribution is 2.10. The summed E-state index contributed by atoms with van der Waals surface area (Å²) in [5.41, 5.74) is 2.88. The number of thiazole rings is 1. The molecule has 8 heteroatoms. The smallest absolute Gasteiger partial charge is 0.322 e. The highest BCUT2D eigenvalue weighted by Gasteiger charge is 2.05. The van der Waals surface area contributed by atoms with Crippen molar-refractivity contribution in [2.24, 2.45) is 0 Å². The van der Waals surface area contributed by atoms with E-state index in [9.17, 15) is 0 Å². The Kier molecular flexibility index (Phi) is 4.85. The van der Waals surface area contributed by atoms with E-state index in [1.54, 1.807) is 11.3 Å². The van der Waals surface area contributed by atoms with Crippen LogP contribution in [0.4, 0.5) is 11.9 Å². The lowest BCUT2D eigenvalue weighted by Gasteiger charge is -2.07. The molecule has 0 spiro atoms. The first-order valence-electron chi connectivity index (χ1n) is 5.96. The zero-order chi connectivity index (χ0) is 13.5. The monoisotopic (exact) mass is 280 g/mol. The SMILES string of the molecule is CCNc1nc(NCCc2cscn2)nc(OC)n1. The number of aromatic nitrogens is 4. The van der Waals surface area contributed by atoms with E-state index in [1.165, 1.54) is 7.11 Å². The van der Waals surface area contributed by atoms with Gasteiger partial charge >= 0.3 is 6.01 Å². The van der Waals surface area contributed by atoms with E-state index in [0.717, 1.165) is 18.7 Å². The fourth-order valence-electron chi connectivity index (χ4n) is 1.43. The molecule has 102 valence electrons. The van der Waals surface area contributed by atoms with Crippen LogP contribution in [0.15, 0.2) is 10.9 Å². The zero-order valence-electron chi connectivity index (χ0n) is 10.9. The standard InChI is InChI=1S/C11H16N6OS/c1-3-12-9-15-10(17-11(16-9)18-2)13-5-4-8-6-19-7-14-8/h6-7H,3-5H2,1-2H3,(H2,12,13,15,16,17).